The molecule has 0 aromatic carbocycles. The average molecular weight is 380 g/mol. The summed E-state index contributed by atoms with van der Waals surface area (Å²) in [4.78, 5) is 36.8. The van der Waals surface area contributed by atoms with Gasteiger partial charge in [0.2, 0.25) is 0 Å². The maximum absolute atomic E-state index is 12.7. The maximum atomic E-state index is 12.7. The van der Waals surface area contributed by atoms with Crippen LogP contribution in [0.15, 0.2) is 0 Å². The van der Waals surface area contributed by atoms with Crippen molar-refractivity contribution >= 4 is 17.9 Å². The molecule has 0 spiro atoms. The summed E-state index contributed by atoms with van der Waals surface area (Å²) in [6, 6.07) is 0. The average Bonchev–Trinajstić information content (AvgIpc) is 2.54. The zero-order valence-corrected chi connectivity index (χ0v) is 17.0. The number of hydrogen-bond donors (Lipinski definition) is 1. The lowest BCUT2D eigenvalue weighted by Gasteiger charge is -2.57. The molecule has 4 saturated carbocycles. The SMILES string of the molecule is CC(C(=O)OC1C2CC3CC1CC(C(=O)O)(C3)C2)C(C)C(=O)OC(C)(C)C. The summed E-state index contributed by atoms with van der Waals surface area (Å²) in [7, 11) is 0. The van der Waals surface area contributed by atoms with Crippen LogP contribution < -0.4 is 0 Å². The number of carboxylic acid groups (broad SMARTS) is 1. The van der Waals surface area contributed by atoms with E-state index in [0.29, 0.717) is 18.8 Å². The highest BCUT2D eigenvalue weighted by atomic mass is 16.6. The summed E-state index contributed by atoms with van der Waals surface area (Å²) < 4.78 is 11.3. The van der Waals surface area contributed by atoms with E-state index in [2.05, 4.69) is 0 Å². The Morgan fingerprint density at radius 1 is 0.963 bits per heavy atom. The van der Waals surface area contributed by atoms with Crippen LogP contribution in [0.1, 0.15) is 66.7 Å². The van der Waals surface area contributed by atoms with Crippen molar-refractivity contribution in [1.82, 2.24) is 0 Å². The second-order valence-corrected chi connectivity index (χ2v) is 10.1. The number of carbonyl (C=O) groups is 3. The van der Waals surface area contributed by atoms with Crippen LogP contribution in [0.5, 0.6) is 0 Å². The van der Waals surface area contributed by atoms with E-state index in [1.165, 1.54) is 0 Å². The van der Waals surface area contributed by atoms with Crippen LogP contribution in [0.2, 0.25) is 0 Å². The second-order valence-electron chi connectivity index (χ2n) is 10.1. The van der Waals surface area contributed by atoms with Crippen molar-refractivity contribution in [3.05, 3.63) is 0 Å². The first kappa shape index (κ1) is 20.2. The van der Waals surface area contributed by atoms with Crippen LogP contribution in [0.3, 0.4) is 0 Å². The van der Waals surface area contributed by atoms with Gasteiger partial charge in [-0.3, -0.25) is 14.4 Å². The zero-order chi connectivity index (χ0) is 20.1. The fourth-order valence-corrected chi connectivity index (χ4v) is 5.48. The second kappa shape index (κ2) is 6.78. The summed E-state index contributed by atoms with van der Waals surface area (Å²) in [6.07, 6.45) is 3.64. The number of ether oxygens (including phenoxy) is 2. The van der Waals surface area contributed by atoms with Gasteiger partial charge in [-0.2, -0.15) is 0 Å². The lowest BCUT2D eigenvalue weighted by molar-refractivity contribution is -0.196. The lowest BCUT2D eigenvalue weighted by Crippen LogP contribution is -2.57. The van der Waals surface area contributed by atoms with Gasteiger partial charge in [0, 0.05) is 0 Å². The van der Waals surface area contributed by atoms with Crippen molar-refractivity contribution in [2.24, 2.45) is 35.0 Å². The van der Waals surface area contributed by atoms with Crippen LogP contribution in [-0.2, 0) is 23.9 Å². The number of hydrogen-bond acceptors (Lipinski definition) is 5. The minimum Gasteiger partial charge on any atom is -0.481 e. The first-order valence-electron chi connectivity index (χ1n) is 10.1. The number of carbonyl (C=O) groups excluding carboxylic acids is 2. The normalized spacial score (nSPS) is 36.8. The third-order valence-electron chi connectivity index (χ3n) is 6.79. The Morgan fingerprint density at radius 3 is 1.96 bits per heavy atom. The Bertz CT molecular complexity index is 617. The summed E-state index contributed by atoms with van der Waals surface area (Å²) >= 11 is 0. The first-order chi connectivity index (χ1) is 12.4. The monoisotopic (exact) mass is 380 g/mol. The van der Waals surface area contributed by atoms with Gasteiger partial charge in [0.25, 0.3) is 0 Å². The van der Waals surface area contributed by atoms with Gasteiger partial charge in [0.15, 0.2) is 0 Å². The molecule has 27 heavy (non-hydrogen) atoms. The molecule has 0 saturated heterocycles. The van der Waals surface area contributed by atoms with Gasteiger partial charge in [-0.05, 0) is 70.6 Å². The van der Waals surface area contributed by atoms with Crippen molar-refractivity contribution in [3.8, 4) is 0 Å². The molecule has 4 bridgehead atoms. The van der Waals surface area contributed by atoms with E-state index in [0.717, 1.165) is 19.3 Å². The van der Waals surface area contributed by atoms with Crippen molar-refractivity contribution in [1.29, 1.82) is 0 Å². The van der Waals surface area contributed by atoms with E-state index in [4.69, 9.17) is 9.47 Å². The summed E-state index contributed by atoms with van der Waals surface area (Å²) in [6.45, 7) is 8.79. The molecule has 4 atom stereocenters. The molecule has 0 aromatic rings. The highest BCUT2D eigenvalue weighted by Gasteiger charge is 2.60. The predicted octanol–water partition coefficient (Wildman–Crippen LogP) is 3.42. The first-order valence-corrected chi connectivity index (χ1v) is 10.1. The van der Waals surface area contributed by atoms with Crippen molar-refractivity contribution < 1.29 is 29.0 Å². The Labute approximate surface area is 161 Å². The number of esters is 2. The van der Waals surface area contributed by atoms with Crippen LogP contribution in [0.4, 0.5) is 0 Å². The van der Waals surface area contributed by atoms with E-state index in [-0.39, 0.29) is 23.9 Å². The molecule has 6 nitrogen and oxygen atoms in total. The molecule has 0 heterocycles. The van der Waals surface area contributed by atoms with Crippen LogP contribution in [0.25, 0.3) is 0 Å². The van der Waals surface area contributed by atoms with E-state index < -0.39 is 34.8 Å². The molecule has 4 unspecified atom stereocenters. The molecular formula is C21H32O6. The smallest absolute Gasteiger partial charge is 0.310 e. The maximum Gasteiger partial charge on any atom is 0.310 e. The molecular weight excluding hydrogens is 348 g/mol. The van der Waals surface area contributed by atoms with Crippen LogP contribution >= 0.6 is 0 Å². The third-order valence-corrected chi connectivity index (χ3v) is 6.79. The highest BCUT2D eigenvalue weighted by molar-refractivity contribution is 5.82. The Hall–Kier alpha value is -1.59. The highest BCUT2D eigenvalue weighted by Crippen LogP contribution is 2.60. The van der Waals surface area contributed by atoms with E-state index in [9.17, 15) is 19.5 Å². The predicted molar refractivity (Wildman–Crippen MR) is 97.7 cm³/mol. The van der Waals surface area contributed by atoms with Crippen LogP contribution in [-0.4, -0.2) is 34.7 Å². The van der Waals surface area contributed by atoms with Crippen molar-refractivity contribution in [3.63, 3.8) is 0 Å². The Balaban J connectivity index is 1.63. The number of carboxylic acids is 1. The minimum absolute atomic E-state index is 0.125. The minimum atomic E-state index is -0.696. The van der Waals surface area contributed by atoms with Gasteiger partial charge in [0.05, 0.1) is 17.3 Å². The third kappa shape index (κ3) is 3.85. The van der Waals surface area contributed by atoms with Gasteiger partial charge >= 0.3 is 17.9 Å². The van der Waals surface area contributed by atoms with Crippen molar-refractivity contribution in [2.75, 3.05) is 0 Å². The fraction of sp³-hybridized carbons (Fsp3) is 0.857. The lowest BCUT2D eigenvalue weighted by atomic mass is 9.48. The molecule has 6 heteroatoms. The van der Waals surface area contributed by atoms with Crippen molar-refractivity contribution in [2.45, 2.75) is 78.4 Å². The summed E-state index contributed by atoms with van der Waals surface area (Å²) in [5.74, 6) is -1.97. The largest absolute Gasteiger partial charge is 0.481 e. The quantitative estimate of drug-likeness (QED) is 0.735. The standard InChI is InChI=1S/C21H32O6/c1-11(12(2)18(23)27-20(3,4)5)17(22)26-16-14-6-13-7-15(16)10-21(8-13,9-14)19(24)25/h11-16H,6-10H2,1-5H3,(H,24,25). The molecule has 0 aromatic heterocycles. The van der Waals surface area contributed by atoms with E-state index in [1.54, 1.807) is 34.6 Å². The number of aliphatic carboxylic acids is 1. The van der Waals surface area contributed by atoms with Gasteiger partial charge in [-0.1, -0.05) is 13.8 Å². The van der Waals surface area contributed by atoms with Gasteiger partial charge in [-0.15, -0.1) is 0 Å². The molecule has 4 aliphatic carbocycles. The molecule has 4 aliphatic rings. The Kier molecular flexibility index (Phi) is 5.06. The topological polar surface area (TPSA) is 89.9 Å². The van der Waals surface area contributed by atoms with Gasteiger partial charge in [0.1, 0.15) is 11.7 Å². The molecule has 0 aliphatic heterocycles. The van der Waals surface area contributed by atoms with Gasteiger partial charge in [-0.25, -0.2) is 0 Å². The summed E-state index contributed by atoms with van der Waals surface area (Å²) in [5, 5.41) is 9.70. The fourth-order valence-electron chi connectivity index (χ4n) is 5.48. The van der Waals surface area contributed by atoms with E-state index in [1.807, 2.05) is 0 Å². The van der Waals surface area contributed by atoms with E-state index >= 15 is 0 Å². The number of rotatable bonds is 5. The molecule has 1 N–H and O–H groups in total. The zero-order valence-electron chi connectivity index (χ0n) is 17.0. The van der Waals surface area contributed by atoms with Crippen LogP contribution in [0, 0.1) is 35.0 Å². The molecule has 0 amide bonds. The molecule has 4 fully saturated rings. The molecule has 152 valence electrons. The Morgan fingerprint density at radius 2 is 1.48 bits per heavy atom. The molecule has 0 radical (unpaired) electrons. The molecule has 4 rings (SSSR count). The summed E-state index contributed by atoms with van der Waals surface area (Å²) in [5.41, 5.74) is -1.21. The van der Waals surface area contributed by atoms with Gasteiger partial charge < -0.3 is 14.6 Å².